The van der Waals surface area contributed by atoms with Crippen molar-refractivity contribution in [2.75, 3.05) is 13.1 Å². The molecule has 0 unspecified atom stereocenters. The molecule has 26 heavy (non-hydrogen) atoms. The molecule has 2 aromatic rings. The van der Waals surface area contributed by atoms with Crippen LogP contribution < -0.4 is 16.4 Å². The molecule has 0 atom stereocenters. The van der Waals surface area contributed by atoms with E-state index in [4.69, 9.17) is 5.73 Å². The highest BCUT2D eigenvalue weighted by Crippen LogP contribution is 2.29. The molecule has 4 rings (SSSR count). The number of nitrogens with two attached hydrogens (primary N) is 1. The van der Waals surface area contributed by atoms with Gasteiger partial charge in [0.15, 0.2) is 0 Å². The number of hydrogen-bond donors (Lipinski definition) is 2. The van der Waals surface area contributed by atoms with Gasteiger partial charge in [0.1, 0.15) is 5.49 Å². The summed E-state index contributed by atoms with van der Waals surface area (Å²) in [5.74, 6) is 1.86. The summed E-state index contributed by atoms with van der Waals surface area (Å²) in [4.78, 5) is 21.3. The standard InChI is InChI=1S/C20H26N6/c21-9-7-14-3-5-15(6-4-14)12-25-20-23-11-8-18(26-20)17-13-24-19-16(17)2-1-10-22-19/h2,8,11-15H,1,3-7,9-10,21H2,(H,22,24)/b25-12+. The Bertz CT molecular complexity index is 889. The Balaban J connectivity index is 1.48. The molecule has 3 N–H and O–H groups in total. The van der Waals surface area contributed by atoms with Crippen LogP contribution in [0, 0.1) is 11.8 Å². The Morgan fingerprint density at radius 2 is 2.15 bits per heavy atom. The van der Waals surface area contributed by atoms with Gasteiger partial charge in [0, 0.05) is 35.9 Å². The second kappa shape index (κ2) is 7.91. The Kier molecular flexibility index (Phi) is 5.20. The van der Waals surface area contributed by atoms with Gasteiger partial charge in [0.25, 0.3) is 0 Å². The van der Waals surface area contributed by atoms with Gasteiger partial charge in [-0.2, -0.15) is 0 Å². The molecule has 0 radical (unpaired) electrons. The minimum Gasteiger partial charge on any atom is -0.346 e. The average Bonchev–Trinajstić information content (AvgIpc) is 3.12. The summed E-state index contributed by atoms with van der Waals surface area (Å²) in [6.07, 6.45) is 15.0. The van der Waals surface area contributed by atoms with E-state index in [1.165, 1.54) is 25.7 Å². The third-order valence-corrected chi connectivity index (χ3v) is 5.43. The zero-order valence-electron chi connectivity index (χ0n) is 15.1. The van der Waals surface area contributed by atoms with Crippen molar-refractivity contribution in [3.8, 4) is 11.3 Å². The van der Waals surface area contributed by atoms with Gasteiger partial charge in [0.2, 0.25) is 5.95 Å². The number of aromatic nitrogens is 3. The van der Waals surface area contributed by atoms with Gasteiger partial charge in [0.05, 0.1) is 5.69 Å². The molecule has 0 saturated heterocycles. The number of rotatable bonds is 5. The number of H-pyrrole nitrogens is 1. The molecule has 1 aliphatic carbocycles. The number of fused-ring (bicyclic) bond motifs is 1. The summed E-state index contributed by atoms with van der Waals surface area (Å²) in [6, 6.07) is 1.93. The summed E-state index contributed by atoms with van der Waals surface area (Å²) in [6.45, 7) is 1.65. The molecule has 1 saturated carbocycles. The highest BCUT2D eigenvalue weighted by atomic mass is 15.0. The van der Waals surface area contributed by atoms with Gasteiger partial charge in [-0.25, -0.2) is 15.0 Å². The van der Waals surface area contributed by atoms with Crippen molar-refractivity contribution in [2.45, 2.75) is 38.5 Å². The summed E-state index contributed by atoms with van der Waals surface area (Å²) < 4.78 is 0. The van der Waals surface area contributed by atoms with Crippen LogP contribution in [0.2, 0.25) is 0 Å². The summed E-state index contributed by atoms with van der Waals surface area (Å²) in [5.41, 5.74) is 8.59. The van der Waals surface area contributed by atoms with Crippen LogP contribution >= 0.6 is 0 Å². The first-order valence-electron chi connectivity index (χ1n) is 9.63. The van der Waals surface area contributed by atoms with E-state index >= 15 is 0 Å². The van der Waals surface area contributed by atoms with Crippen molar-refractivity contribution in [1.82, 2.24) is 15.0 Å². The zero-order valence-corrected chi connectivity index (χ0v) is 15.1. The molecule has 6 nitrogen and oxygen atoms in total. The third kappa shape index (κ3) is 3.75. The SMILES string of the molecule is NCCC1CCC(/C=N/c2nccc(-c3c[nH]c4c3=CCCN=4)n2)CC1. The number of nitrogens with one attached hydrogen (secondary N) is 1. The predicted octanol–water partition coefficient (Wildman–Crippen LogP) is 2.13. The van der Waals surface area contributed by atoms with Gasteiger partial charge in [-0.05, 0) is 63.0 Å². The second-order valence-corrected chi connectivity index (χ2v) is 7.22. The predicted molar refractivity (Wildman–Crippen MR) is 104 cm³/mol. The maximum atomic E-state index is 5.67. The molecular weight excluding hydrogens is 324 g/mol. The second-order valence-electron chi connectivity index (χ2n) is 7.22. The molecule has 0 amide bonds. The first kappa shape index (κ1) is 17.1. The molecule has 1 fully saturated rings. The fourth-order valence-electron chi connectivity index (χ4n) is 3.95. The number of nitrogens with zero attached hydrogens (tertiary/aromatic N) is 4. The zero-order chi connectivity index (χ0) is 17.8. The van der Waals surface area contributed by atoms with E-state index in [0.29, 0.717) is 11.9 Å². The van der Waals surface area contributed by atoms with Crippen LogP contribution in [-0.2, 0) is 0 Å². The normalized spacial score (nSPS) is 22.7. The Morgan fingerprint density at radius 3 is 3.00 bits per heavy atom. The van der Waals surface area contributed by atoms with E-state index in [2.05, 4.69) is 31.0 Å². The van der Waals surface area contributed by atoms with Crippen molar-refractivity contribution in [3.05, 3.63) is 29.2 Å². The van der Waals surface area contributed by atoms with Crippen LogP contribution in [0.3, 0.4) is 0 Å². The highest BCUT2D eigenvalue weighted by molar-refractivity contribution is 5.65. The smallest absolute Gasteiger partial charge is 0.249 e. The molecule has 0 aromatic carbocycles. The largest absolute Gasteiger partial charge is 0.346 e. The van der Waals surface area contributed by atoms with Crippen molar-refractivity contribution < 1.29 is 0 Å². The highest BCUT2D eigenvalue weighted by Gasteiger charge is 2.19. The van der Waals surface area contributed by atoms with Gasteiger partial charge >= 0.3 is 0 Å². The van der Waals surface area contributed by atoms with Crippen molar-refractivity contribution >= 4 is 18.2 Å². The minimum atomic E-state index is 0.531. The van der Waals surface area contributed by atoms with E-state index in [-0.39, 0.29) is 0 Å². The lowest BCUT2D eigenvalue weighted by molar-refractivity contribution is 0.312. The Labute approximate surface area is 153 Å². The van der Waals surface area contributed by atoms with Gasteiger partial charge in [-0.15, -0.1) is 0 Å². The monoisotopic (exact) mass is 350 g/mol. The summed E-state index contributed by atoms with van der Waals surface area (Å²) >= 11 is 0. The molecule has 3 heterocycles. The van der Waals surface area contributed by atoms with E-state index in [1.807, 2.05) is 18.5 Å². The molecule has 136 valence electrons. The van der Waals surface area contributed by atoms with Crippen molar-refractivity contribution in [3.63, 3.8) is 0 Å². The summed E-state index contributed by atoms with van der Waals surface area (Å²) in [7, 11) is 0. The van der Waals surface area contributed by atoms with E-state index in [1.54, 1.807) is 6.20 Å². The quantitative estimate of drug-likeness (QED) is 0.809. The Morgan fingerprint density at radius 1 is 1.27 bits per heavy atom. The maximum absolute atomic E-state index is 5.67. The van der Waals surface area contributed by atoms with Crippen molar-refractivity contribution in [1.29, 1.82) is 0 Å². The third-order valence-electron chi connectivity index (χ3n) is 5.43. The topological polar surface area (TPSA) is 92.3 Å². The Hall–Kier alpha value is -2.34. The lowest BCUT2D eigenvalue weighted by Crippen LogP contribution is -2.27. The van der Waals surface area contributed by atoms with Gasteiger partial charge in [-0.1, -0.05) is 6.08 Å². The lowest BCUT2D eigenvalue weighted by Gasteiger charge is -2.25. The van der Waals surface area contributed by atoms with Gasteiger partial charge in [-0.3, -0.25) is 4.99 Å². The molecule has 0 bridgehead atoms. The van der Waals surface area contributed by atoms with Gasteiger partial charge < -0.3 is 10.7 Å². The average molecular weight is 350 g/mol. The van der Waals surface area contributed by atoms with Crippen LogP contribution in [-0.4, -0.2) is 34.3 Å². The van der Waals surface area contributed by atoms with E-state index < -0.39 is 0 Å². The molecule has 2 aromatic heterocycles. The van der Waals surface area contributed by atoms with E-state index in [0.717, 1.165) is 53.8 Å². The van der Waals surface area contributed by atoms with Crippen LogP contribution in [0.5, 0.6) is 0 Å². The number of hydrogen-bond acceptors (Lipinski definition) is 5. The minimum absolute atomic E-state index is 0.531. The number of aliphatic imine (C=N–C) groups is 1. The fraction of sp³-hybridized carbons (Fsp3) is 0.500. The van der Waals surface area contributed by atoms with Crippen LogP contribution in [0.15, 0.2) is 28.4 Å². The van der Waals surface area contributed by atoms with E-state index in [9.17, 15) is 0 Å². The van der Waals surface area contributed by atoms with Crippen LogP contribution in [0.4, 0.5) is 5.95 Å². The maximum Gasteiger partial charge on any atom is 0.249 e. The number of aromatic amines is 1. The first-order chi connectivity index (χ1) is 12.8. The first-order valence-corrected chi connectivity index (χ1v) is 9.63. The molecule has 6 heteroatoms. The van der Waals surface area contributed by atoms with Crippen LogP contribution in [0.25, 0.3) is 17.3 Å². The molecular formula is C20H26N6. The molecule has 1 aliphatic heterocycles. The van der Waals surface area contributed by atoms with Crippen molar-refractivity contribution in [2.24, 2.45) is 27.6 Å². The fourth-order valence-corrected chi connectivity index (χ4v) is 3.95. The molecule has 0 spiro atoms. The lowest BCUT2D eigenvalue weighted by atomic mass is 9.81. The summed E-state index contributed by atoms with van der Waals surface area (Å²) in [5, 5.41) is 1.14. The molecule has 2 aliphatic rings. The van der Waals surface area contributed by atoms with Crippen LogP contribution in [0.1, 0.15) is 38.5 Å².